The Morgan fingerprint density at radius 2 is 1.71 bits per heavy atom. The fourth-order valence-corrected chi connectivity index (χ4v) is 3.89. The van der Waals surface area contributed by atoms with Crippen molar-refractivity contribution in [1.82, 2.24) is 4.72 Å². The number of sulfonamides is 1. The lowest BCUT2D eigenvalue weighted by Gasteiger charge is -2.23. The maximum atomic E-state index is 12.7. The van der Waals surface area contributed by atoms with Crippen molar-refractivity contribution in [2.45, 2.75) is 30.4 Å². The molecule has 1 N–H and O–H groups in total. The topological polar surface area (TPSA) is 67.9 Å². The van der Waals surface area contributed by atoms with E-state index in [9.17, 15) is 8.42 Å². The Bertz CT molecular complexity index is 809. The summed E-state index contributed by atoms with van der Waals surface area (Å²) in [6, 6.07) is 13.7. The molecule has 3 rings (SSSR count). The van der Waals surface area contributed by atoms with E-state index in [-0.39, 0.29) is 4.90 Å². The van der Waals surface area contributed by atoms with Gasteiger partial charge in [-0.2, -0.15) is 0 Å². The molecule has 1 aliphatic heterocycles. The second-order valence-electron chi connectivity index (χ2n) is 6.24. The van der Waals surface area contributed by atoms with Crippen LogP contribution in [0.5, 0.6) is 5.75 Å². The molecule has 5 nitrogen and oxygen atoms in total. The number of hydrogen-bond acceptors (Lipinski definition) is 4. The van der Waals surface area contributed by atoms with E-state index in [1.54, 1.807) is 31.4 Å². The first-order chi connectivity index (χ1) is 11.3. The van der Waals surface area contributed by atoms with Gasteiger partial charge in [0.25, 0.3) is 0 Å². The second-order valence-corrected chi connectivity index (χ2v) is 7.96. The summed E-state index contributed by atoms with van der Waals surface area (Å²) in [5.74, 6) is 0.723. The van der Waals surface area contributed by atoms with Gasteiger partial charge in [-0.05, 0) is 43.7 Å². The highest BCUT2D eigenvalue weighted by molar-refractivity contribution is 7.89. The van der Waals surface area contributed by atoms with Crippen molar-refractivity contribution in [3.05, 3.63) is 59.7 Å². The van der Waals surface area contributed by atoms with Crippen LogP contribution in [-0.4, -0.2) is 27.7 Å². The highest BCUT2D eigenvalue weighted by Crippen LogP contribution is 2.40. The number of rotatable bonds is 6. The average Bonchev–Trinajstić information content (AvgIpc) is 3.32. The van der Waals surface area contributed by atoms with Gasteiger partial charge in [-0.3, -0.25) is 0 Å². The predicted octanol–water partition coefficient (Wildman–Crippen LogP) is 2.81. The van der Waals surface area contributed by atoms with Crippen molar-refractivity contribution < 1.29 is 17.9 Å². The zero-order valence-corrected chi connectivity index (χ0v) is 14.8. The predicted molar refractivity (Wildman–Crippen MR) is 91.6 cm³/mol. The smallest absolute Gasteiger partial charge is 0.241 e. The number of methoxy groups -OCH3 is 1. The van der Waals surface area contributed by atoms with Crippen molar-refractivity contribution in [2.24, 2.45) is 0 Å². The minimum absolute atomic E-state index is 0.246. The Morgan fingerprint density at radius 1 is 1.12 bits per heavy atom. The minimum atomic E-state index is -3.64. The Hall–Kier alpha value is -1.89. The molecule has 0 saturated carbocycles. The van der Waals surface area contributed by atoms with Gasteiger partial charge in [0.1, 0.15) is 11.4 Å². The van der Waals surface area contributed by atoms with Crippen LogP contribution in [0, 0.1) is 6.92 Å². The van der Waals surface area contributed by atoms with Crippen molar-refractivity contribution >= 4 is 10.0 Å². The Labute approximate surface area is 142 Å². The zero-order chi connectivity index (χ0) is 17.4. The molecule has 0 aromatic heterocycles. The largest absolute Gasteiger partial charge is 0.497 e. The van der Waals surface area contributed by atoms with E-state index in [0.717, 1.165) is 16.9 Å². The highest BCUT2D eigenvalue weighted by atomic mass is 32.2. The lowest BCUT2D eigenvalue weighted by Crippen LogP contribution is -2.37. The summed E-state index contributed by atoms with van der Waals surface area (Å²) in [6.45, 7) is 4.34. The Morgan fingerprint density at radius 3 is 2.21 bits per heavy atom. The molecular formula is C18H21NO4S. The summed E-state index contributed by atoms with van der Waals surface area (Å²) in [5, 5.41) is 0. The van der Waals surface area contributed by atoms with Crippen LogP contribution in [0.1, 0.15) is 24.1 Å². The fraction of sp³-hybridized carbons (Fsp3) is 0.333. The van der Waals surface area contributed by atoms with Gasteiger partial charge in [-0.1, -0.05) is 29.8 Å². The van der Waals surface area contributed by atoms with Gasteiger partial charge >= 0.3 is 0 Å². The SMILES string of the molecule is COc1ccc([C@@H](NS(=O)(=O)c2ccc(C)cc2)[C@]2(C)CO2)cc1. The molecule has 1 heterocycles. The summed E-state index contributed by atoms with van der Waals surface area (Å²) in [6.07, 6.45) is 0. The molecule has 6 heteroatoms. The van der Waals surface area contributed by atoms with E-state index in [1.807, 2.05) is 38.1 Å². The van der Waals surface area contributed by atoms with Crippen LogP contribution in [0.2, 0.25) is 0 Å². The minimum Gasteiger partial charge on any atom is -0.497 e. The monoisotopic (exact) mass is 347 g/mol. The number of hydrogen-bond donors (Lipinski definition) is 1. The average molecular weight is 347 g/mol. The molecule has 0 amide bonds. The molecule has 2 atom stereocenters. The molecular weight excluding hydrogens is 326 g/mol. The van der Waals surface area contributed by atoms with Gasteiger partial charge in [0.05, 0.1) is 24.7 Å². The molecule has 1 saturated heterocycles. The first kappa shape index (κ1) is 17.0. The van der Waals surface area contributed by atoms with Crippen molar-refractivity contribution in [2.75, 3.05) is 13.7 Å². The lowest BCUT2D eigenvalue weighted by atomic mass is 9.96. The van der Waals surface area contributed by atoms with Crippen LogP contribution in [0.4, 0.5) is 0 Å². The van der Waals surface area contributed by atoms with Gasteiger partial charge in [-0.15, -0.1) is 0 Å². The number of nitrogens with one attached hydrogen (secondary N) is 1. The van der Waals surface area contributed by atoms with Crippen molar-refractivity contribution in [3.8, 4) is 5.75 Å². The summed E-state index contributed by atoms with van der Waals surface area (Å²) >= 11 is 0. The molecule has 0 spiro atoms. The van der Waals surface area contributed by atoms with Crippen LogP contribution in [-0.2, 0) is 14.8 Å². The van der Waals surface area contributed by atoms with E-state index in [2.05, 4.69) is 4.72 Å². The van der Waals surface area contributed by atoms with Crippen molar-refractivity contribution in [1.29, 1.82) is 0 Å². The zero-order valence-electron chi connectivity index (χ0n) is 13.9. The number of ether oxygens (including phenoxy) is 2. The molecule has 2 aromatic rings. The van der Waals surface area contributed by atoms with Gasteiger partial charge < -0.3 is 9.47 Å². The van der Waals surface area contributed by atoms with E-state index < -0.39 is 21.7 Å². The Kier molecular flexibility index (Phi) is 4.38. The third-order valence-electron chi connectivity index (χ3n) is 4.26. The van der Waals surface area contributed by atoms with E-state index >= 15 is 0 Å². The molecule has 2 aromatic carbocycles. The molecule has 1 aliphatic rings. The summed E-state index contributed by atoms with van der Waals surface area (Å²) in [4.78, 5) is 0.246. The first-order valence-electron chi connectivity index (χ1n) is 7.71. The molecule has 0 bridgehead atoms. The van der Waals surface area contributed by atoms with Gasteiger partial charge in [0.15, 0.2) is 0 Å². The normalized spacial score (nSPS) is 21.3. The summed E-state index contributed by atoms with van der Waals surface area (Å²) in [5.41, 5.74) is 1.32. The molecule has 0 unspecified atom stereocenters. The van der Waals surface area contributed by atoms with Crippen molar-refractivity contribution in [3.63, 3.8) is 0 Å². The molecule has 1 fully saturated rings. The number of aryl methyl sites for hydroxylation is 1. The first-order valence-corrected chi connectivity index (χ1v) is 9.19. The molecule has 128 valence electrons. The third-order valence-corrected chi connectivity index (χ3v) is 5.70. The second kappa shape index (κ2) is 6.20. The van der Waals surface area contributed by atoms with E-state index in [0.29, 0.717) is 6.61 Å². The van der Waals surface area contributed by atoms with Crippen LogP contribution >= 0.6 is 0 Å². The summed E-state index contributed by atoms with van der Waals surface area (Å²) in [7, 11) is -2.05. The van der Waals surface area contributed by atoms with E-state index in [1.165, 1.54) is 0 Å². The number of epoxide rings is 1. The third kappa shape index (κ3) is 3.45. The summed E-state index contributed by atoms with van der Waals surface area (Å²) < 4.78 is 38.9. The van der Waals surface area contributed by atoms with Gasteiger partial charge in [0, 0.05) is 0 Å². The van der Waals surface area contributed by atoms with E-state index in [4.69, 9.17) is 9.47 Å². The fourth-order valence-electron chi connectivity index (χ4n) is 2.56. The molecule has 24 heavy (non-hydrogen) atoms. The van der Waals surface area contributed by atoms with Crippen LogP contribution in [0.15, 0.2) is 53.4 Å². The highest BCUT2D eigenvalue weighted by Gasteiger charge is 2.49. The Balaban J connectivity index is 1.91. The number of benzene rings is 2. The van der Waals surface area contributed by atoms with Gasteiger partial charge in [-0.25, -0.2) is 13.1 Å². The standard InChI is InChI=1S/C18H21NO4S/c1-13-4-10-16(11-5-13)24(20,21)19-17(18(2)12-23-18)14-6-8-15(22-3)9-7-14/h4-11,17,19H,12H2,1-3H3/t17-,18+/m1/s1. The molecule has 0 aliphatic carbocycles. The van der Waals surface area contributed by atoms with Gasteiger partial charge in [0.2, 0.25) is 10.0 Å². The lowest BCUT2D eigenvalue weighted by molar-refractivity contribution is 0.273. The van der Waals surface area contributed by atoms with Crippen LogP contribution in [0.3, 0.4) is 0 Å². The molecule has 0 radical (unpaired) electrons. The van der Waals surface area contributed by atoms with Crippen LogP contribution < -0.4 is 9.46 Å². The maximum Gasteiger partial charge on any atom is 0.241 e. The van der Waals surface area contributed by atoms with Crippen LogP contribution in [0.25, 0.3) is 0 Å². The maximum absolute atomic E-state index is 12.7. The quantitative estimate of drug-likeness (QED) is 0.816.